The monoisotopic (exact) mass is 454 g/mol. The van der Waals surface area contributed by atoms with Crippen molar-refractivity contribution in [3.8, 4) is 0 Å². The molecule has 0 spiro atoms. The minimum absolute atomic E-state index is 0.00254. The molecule has 2 aromatic carbocycles. The Balaban J connectivity index is 1.63. The highest BCUT2D eigenvalue weighted by atomic mass is 35.5. The zero-order valence-electron chi connectivity index (χ0n) is 16.4. The topological polar surface area (TPSA) is 66.5 Å². The summed E-state index contributed by atoms with van der Waals surface area (Å²) in [7, 11) is -3.75. The number of benzene rings is 2. The highest BCUT2D eigenvalue weighted by Gasteiger charge is 2.33. The van der Waals surface area contributed by atoms with E-state index in [1.165, 1.54) is 16.4 Å². The van der Waals surface area contributed by atoms with Crippen LogP contribution in [0.15, 0.2) is 47.4 Å². The van der Waals surface area contributed by atoms with E-state index in [4.69, 9.17) is 23.2 Å². The molecule has 8 heteroatoms. The van der Waals surface area contributed by atoms with Crippen LogP contribution in [0.25, 0.3) is 0 Å². The zero-order chi connectivity index (χ0) is 21.2. The Kier molecular flexibility index (Phi) is 6.89. The average Bonchev–Trinajstić information content (AvgIpc) is 2.70. The van der Waals surface area contributed by atoms with Gasteiger partial charge in [0.15, 0.2) is 0 Å². The summed E-state index contributed by atoms with van der Waals surface area (Å²) in [5.41, 5.74) is 2.20. The second kappa shape index (κ2) is 9.04. The fraction of sp³-hybridized carbons (Fsp3) is 0.381. The van der Waals surface area contributed by atoms with Crippen LogP contribution in [0, 0.1) is 12.8 Å². The van der Waals surface area contributed by atoms with Gasteiger partial charge in [0.2, 0.25) is 15.9 Å². The Hall–Kier alpha value is -1.60. The van der Waals surface area contributed by atoms with E-state index in [0.29, 0.717) is 17.9 Å². The van der Waals surface area contributed by atoms with E-state index in [2.05, 4.69) is 5.32 Å². The maximum absolute atomic E-state index is 12.9. The van der Waals surface area contributed by atoms with Crippen LogP contribution < -0.4 is 5.32 Å². The molecule has 1 heterocycles. The molecule has 1 aliphatic rings. The van der Waals surface area contributed by atoms with Crippen molar-refractivity contribution < 1.29 is 13.2 Å². The van der Waals surface area contributed by atoms with Gasteiger partial charge in [-0.2, -0.15) is 4.31 Å². The average molecular weight is 455 g/mol. The van der Waals surface area contributed by atoms with E-state index in [1.54, 1.807) is 6.07 Å². The van der Waals surface area contributed by atoms with E-state index in [1.807, 2.05) is 38.1 Å². The third-order valence-corrected chi connectivity index (χ3v) is 7.96. The highest BCUT2D eigenvalue weighted by Crippen LogP contribution is 2.30. The summed E-state index contributed by atoms with van der Waals surface area (Å²) in [5, 5.41) is 3.52. The number of hydrogen-bond donors (Lipinski definition) is 1. The second-order valence-corrected chi connectivity index (χ2v) is 10.1. The molecule has 0 aromatic heterocycles. The molecule has 5 nitrogen and oxygen atoms in total. The lowest BCUT2D eigenvalue weighted by atomic mass is 9.96. The minimum atomic E-state index is -3.75. The van der Waals surface area contributed by atoms with E-state index in [9.17, 15) is 13.2 Å². The molecular formula is C21H24Cl2N2O3S. The number of rotatable bonds is 5. The molecule has 1 atom stereocenters. The van der Waals surface area contributed by atoms with Gasteiger partial charge in [0.1, 0.15) is 4.90 Å². The number of halogens is 2. The standard InChI is InChI=1S/C21H24Cl2N2O3S/c1-14-5-3-4-6-18(14)15(2)24-21(26)16-9-11-25(12-10-16)29(27,28)20-13-17(22)7-8-19(20)23/h3-8,13,15-16H,9-12H2,1-2H3,(H,24,26). The van der Waals surface area contributed by atoms with Gasteiger partial charge in [-0.1, -0.05) is 47.5 Å². The van der Waals surface area contributed by atoms with Crippen LogP contribution in [0.3, 0.4) is 0 Å². The first kappa shape index (κ1) is 22.1. The Labute approximate surface area is 182 Å². The minimum Gasteiger partial charge on any atom is -0.349 e. The Morgan fingerprint density at radius 3 is 2.45 bits per heavy atom. The van der Waals surface area contributed by atoms with Gasteiger partial charge in [0, 0.05) is 24.0 Å². The van der Waals surface area contributed by atoms with Crippen LogP contribution in [0.1, 0.15) is 36.9 Å². The number of piperidine rings is 1. The number of carbonyl (C=O) groups is 1. The Morgan fingerprint density at radius 1 is 1.14 bits per heavy atom. The number of aryl methyl sites for hydroxylation is 1. The van der Waals surface area contributed by atoms with Crippen LogP contribution in [0.5, 0.6) is 0 Å². The van der Waals surface area contributed by atoms with Crippen molar-refractivity contribution in [3.63, 3.8) is 0 Å². The van der Waals surface area contributed by atoms with Crippen LogP contribution in [-0.2, 0) is 14.8 Å². The van der Waals surface area contributed by atoms with Gasteiger partial charge in [-0.15, -0.1) is 0 Å². The first-order valence-electron chi connectivity index (χ1n) is 9.51. The van der Waals surface area contributed by atoms with Crippen LogP contribution in [-0.4, -0.2) is 31.7 Å². The van der Waals surface area contributed by atoms with Crippen molar-refractivity contribution in [2.24, 2.45) is 5.92 Å². The largest absolute Gasteiger partial charge is 0.349 e. The predicted molar refractivity (Wildman–Crippen MR) is 116 cm³/mol. The van der Waals surface area contributed by atoms with Gasteiger partial charge in [0.05, 0.1) is 11.1 Å². The summed E-state index contributed by atoms with van der Waals surface area (Å²) in [5.74, 6) is -0.263. The predicted octanol–water partition coefficient (Wildman–Crippen LogP) is 4.58. The fourth-order valence-corrected chi connectivity index (χ4v) is 5.86. The van der Waals surface area contributed by atoms with Crippen molar-refractivity contribution in [2.45, 2.75) is 37.6 Å². The highest BCUT2D eigenvalue weighted by molar-refractivity contribution is 7.89. The summed E-state index contributed by atoms with van der Waals surface area (Å²) >= 11 is 12.0. The number of sulfonamides is 1. The lowest BCUT2D eigenvalue weighted by molar-refractivity contribution is -0.126. The van der Waals surface area contributed by atoms with E-state index >= 15 is 0 Å². The van der Waals surface area contributed by atoms with Crippen LogP contribution in [0.2, 0.25) is 10.0 Å². The smallest absolute Gasteiger partial charge is 0.244 e. The molecule has 0 bridgehead atoms. The Morgan fingerprint density at radius 2 is 1.79 bits per heavy atom. The first-order chi connectivity index (χ1) is 13.7. The zero-order valence-corrected chi connectivity index (χ0v) is 18.7. The van der Waals surface area contributed by atoms with Crippen molar-refractivity contribution in [1.82, 2.24) is 9.62 Å². The summed E-state index contributed by atoms with van der Waals surface area (Å²) in [4.78, 5) is 12.7. The van der Waals surface area contributed by atoms with Crippen LogP contribution in [0.4, 0.5) is 0 Å². The maximum Gasteiger partial charge on any atom is 0.244 e. The molecule has 1 amide bonds. The van der Waals surface area contributed by atoms with Gasteiger partial charge < -0.3 is 5.32 Å². The molecule has 0 saturated carbocycles. The summed E-state index contributed by atoms with van der Waals surface area (Å²) in [6.45, 7) is 4.51. The van der Waals surface area contributed by atoms with Crippen molar-refractivity contribution in [1.29, 1.82) is 0 Å². The molecule has 1 unspecified atom stereocenters. The molecule has 1 fully saturated rings. The molecule has 3 rings (SSSR count). The lowest BCUT2D eigenvalue weighted by Gasteiger charge is -2.31. The summed E-state index contributed by atoms with van der Waals surface area (Å²) < 4.78 is 27.2. The molecule has 156 valence electrons. The molecule has 0 aliphatic carbocycles. The molecule has 29 heavy (non-hydrogen) atoms. The number of nitrogens with one attached hydrogen (secondary N) is 1. The summed E-state index contributed by atoms with van der Waals surface area (Å²) in [6.07, 6.45) is 0.924. The van der Waals surface area contributed by atoms with Gasteiger partial charge in [0.25, 0.3) is 0 Å². The molecule has 2 aromatic rings. The SMILES string of the molecule is Cc1ccccc1C(C)NC(=O)C1CCN(S(=O)(=O)c2cc(Cl)ccc2Cl)CC1. The van der Waals surface area contributed by atoms with E-state index in [-0.39, 0.29) is 40.9 Å². The van der Waals surface area contributed by atoms with Crippen molar-refractivity contribution >= 4 is 39.1 Å². The molecule has 1 saturated heterocycles. The van der Waals surface area contributed by atoms with E-state index in [0.717, 1.165) is 11.1 Å². The third kappa shape index (κ3) is 4.94. The van der Waals surface area contributed by atoms with Crippen LogP contribution >= 0.6 is 23.2 Å². The number of carbonyl (C=O) groups excluding carboxylic acids is 1. The van der Waals surface area contributed by atoms with Gasteiger partial charge >= 0.3 is 0 Å². The van der Waals surface area contributed by atoms with E-state index < -0.39 is 10.0 Å². The number of nitrogens with zero attached hydrogens (tertiary/aromatic N) is 1. The van der Waals surface area contributed by atoms with Gasteiger partial charge in [-0.05, 0) is 56.0 Å². The fourth-order valence-electron chi connectivity index (χ4n) is 3.65. The molecule has 1 N–H and O–H groups in total. The molecule has 0 radical (unpaired) electrons. The number of amides is 1. The van der Waals surface area contributed by atoms with Gasteiger partial charge in [-0.3, -0.25) is 4.79 Å². The third-order valence-electron chi connectivity index (χ3n) is 5.35. The Bertz CT molecular complexity index is 1000. The summed E-state index contributed by atoms with van der Waals surface area (Å²) in [6, 6.07) is 12.2. The molecule has 1 aliphatic heterocycles. The quantitative estimate of drug-likeness (QED) is 0.718. The lowest BCUT2D eigenvalue weighted by Crippen LogP contribution is -2.43. The molecular weight excluding hydrogens is 431 g/mol. The first-order valence-corrected chi connectivity index (χ1v) is 11.7. The normalized spacial score (nSPS) is 17.1. The maximum atomic E-state index is 12.9. The van der Waals surface area contributed by atoms with Crippen molar-refractivity contribution in [2.75, 3.05) is 13.1 Å². The number of hydrogen-bond acceptors (Lipinski definition) is 3. The van der Waals surface area contributed by atoms with Gasteiger partial charge in [-0.25, -0.2) is 8.42 Å². The second-order valence-electron chi connectivity index (χ2n) is 7.34. The van der Waals surface area contributed by atoms with Crippen molar-refractivity contribution in [3.05, 3.63) is 63.6 Å².